The summed E-state index contributed by atoms with van der Waals surface area (Å²) in [7, 11) is 4.15. The van der Waals surface area contributed by atoms with Gasteiger partial charge in [-0.2, -0.15) is 0 Å². The minimum absolute atomic E-state index is 0.579. The first-order valence-corrected chi connectivity index (χ1v) is 7.23. The molecule has 0 saturated heterocycles. The van der Waals surface area contributed by atoms with Crippen LogP contribution in [0.5, 0.6) is 0 Å². The van der Waals surface area contributed by atoms with E-state index in [0.29, 0.717) is 5.92 Å². The van der Waals surface area contributed by atoms with Gasteiger partial charge in [0.2, 0.25) is 0 Å². The van der Waals surface area contributed by atoms with Crippen LogP contribution in [-0.4, -0.2) is 20.6 Å². The molecule has 0 fully saturated rings. The first kappa shape index (κ1) is 14.4. The van der Waals surface area contributed by atoms with Crippen LogP contribution in [0.4, 0.5) is 11.4 Å². The van der Waals surface area contributed by atoms with E-state index < -0.39 is 0 Å². The third-order valence-corrected chi connectivity index (χ3v) is 3.65. The van der Waals surface area contributed by atoms with E-state index in [-0.39, 0.29) is 0 Å². The van der Waals surface area contributed by atoms with E-state index in [1.165, 1.54) is 16.9 Å². The van der Waals surface area contributed by atoms with E-state index in [0.717, 1.165) is 13.0 Å². The van der Waals surface area contributed by atoms with E-state index >= 15 is 0 Å². The Bertz CT molecular complexity index is 520. The summed E-state index contributed by atoms with van der Waals surface area (Å²) in [4.78, 5) is 2.14. The molecule has 0 amide bonds. The molecule has 0 bridgehead atoms. The van der Waals surface area contributed by atoms with E-state index in [9.17, 15) is 0 Å². The lowest BCUT2D eigenvalue weighted by atomic mass is 9.98. The molecule has 2 heteroatoms. The van der Waals surface area contributed by atoms with Crippen molar-refractivity contribution in [2.45, 2.75) is 19.3 Å². The summed E-state index contributed by atoms with van der Waals surface area (Å²) in [6, 6.07) is 19.1. The summed E-state index contributed by atoms with van der Waals surface area (Å²) in [5.41, 5.74) is 3.85. The molecule has 0 aliphatic rings. The van der Waals surface area contributed by atoms with Gasteiger partial charge in [-0.15, -0.1) is 0 Å². The Morgan fingerprint density at radius 3 is 2.30 bits per heavy atom. The van der Waals surface area contributed by atoms with Crippen LogP contribution in [0.25, 0.3) is 0 Å². The third kappa shape index (κ3) is 3.77. The van der Waals surface area contributed by atoms with Crippen LogP contribution in [0.1, 0.15) is 24.8 Å². The van der Waals surface area contributed by atoms with Crippen molar-refractivity contribution >= 4 is 11.4 Å². The van der Waals surface area contributed by atoms with Gasteiger partial charge in [0.1, 0.15) is 0 Å². The average molecular weight is 268 g/mol. The minimum atomic E-state index is 0.579. The Hall–Kier alpha value is -1.96. The SMILES string of the molecule is CC(CCNc1ccccc1N(C)C)c1ccccc1. The van der Waals surface area contributed by atoms with Gasteiger partial charge >= 0.3 is 0 Å². The predicted octanol–water partition coefficient (Wildman–Crippen LogP) is 4.36. The van der Waals surface area contributed by atoms with Crippen molar-refractivity contribution in [3.05, 3.63) is 60.2 Å². The summed E-state index contributed by atoms with van der Waals surface area (Å²) in [6.45, 7) is 3.27. The average Bonchev–Trinajstić information content (AvgIpc) is 2.48. The predicted molar refractivity (Wildman–Crippen MR) is 88.7 cm³/mol. The summed E-state index contributed by atoms with van der Waals surface area (Å²) >= 11 is 0. The maximum atomic E-state index is 3.55. The first-order valence-electron chi connectivity index (χ1n) is 7.23. The van der Waals surface area contributed by atoms with Gasteiger partial charge in [0.05, 0.1) is 11.4 Å². The number of anilines is 2. The van der Waals surface area contributed by atoms with Crippen LogP contribution in [0.2, 0.25) is 0 Å². The second-order valence-corrected chi connectivity index (χ2v) is 5.44. The van der Waals surface area contributed by atoms with Crippen LogP contribution in [0, 0.1) is 0 Å². The molecule has 0 spiro atoms. The summed E-state index contributed by atoms with van der Waals surface area (Å²) in [5.74, 6) is 0.579. The van der Waals surface area contributed by atoms with Crippen molar-refractivity contribution < 1.29 is 0 Å². The molecule has 20 heavy (non-hydrogen) atoms. The second-order valence-electron chi connectivity index (χ2n) is 5.44. The molecule has 1 unspecified atom stereocenters. The highest BCUT2D eigenvalue weighted by Crippen LogP contribution is 2.24. The Kier molecular flexibility index (Phi) is 5.05. The third-order valence-electron chi connectivity index (χ3n) is 3.65. The molecule has 0 radical (unpaired) electrons. The molecule has 2 rings (SSSR count). The molecular formula is C18H24N2. The van der Waals surface area contributed by atoms with Crippen molar-refractivity contribution in [2.24, 2.45) is 0 Å². The summed E-state index contributed by atoms with van der Waals surface area (Å²) < 4.78 is 0. The number of hydrogen-bond acceptors (Lipinski definition) is 2. The molecule has 2 nitrogen and oxygen atoms in total. The zero-order valence-corrected chi connectivity index (χ0v) is 12.6. The molecule has 1 atom stereocenters. The highest BCUT2D eigenvalue weighted by molar-refractivity contribution is 5.69. The van der Waals surface area contributed by atoms with Gasteiger partial charge in [-0.3, -0.25) is 0 Å². The Labute approximate surface area is 122 Å². The van der Waals surface area contributed by atoms with Crippen molar-refractivity contribution in [3.8, 4) is 0 Å². The Morgan fingerprint density at radius 2 is 1.60 bits per heavy atom. The molecule has 0 aromatic heterocycles. The lowest BCUT2D eigenvalue weighted by Crippen LogP contribution is -2.13. The Balaban J connectivity index is 1.90. The minimum Gasteiger partial charge on any atom is -0.383 e. The molecule has 0 aliphatic heterocycles. The fourth-order valence-corrected chi connectivity index (χ4v) is 2.38. The molecule has 0 heterocycles. The van der Waals surface area contributed by atoms with E-state index in [4.69, 9.17) is 0 Å². The zero-order chi connectivity index (χ0) is 14.4. The highest BCUT2D eigenvalue weighted by Gasteiger charge is 2.06. The van der Waals surface area contributed by atoms with Crippen LogP contribution in [0.3, 0.4) is 0 Å². The summed E-state index contributed by atoms with van der Waals surface area (Å²) in [5, 5.41) is 3.55. The largest absolute Gasteiger partial charge is 0.383 e. The number of nitrogens with one attached hydrogen (secondary N) is 1. The van der Waals surface area contributed by atoms with E-state index in [2.05, 4.69) is 85.8 Å². The molecular weight excluding hydrogens is 244 g/mol. The molecule has 2 aromatic carbocycles. The smallest absolute Gasteiger partial charge is 0.0596 e. The van der Waals surface area contributed by atoms with Crippen molar-refractivity contribution in [3.63, 3.8) is 0 Å². The van der Waals surface area contributed by atoms with Crippen LogP contribution in [0.15, 0.2) is 54.6 Å². The topological polar surface area (TPSA) is 15.3 Å². The number of rotatable bonds is 6. The molecule has 106 valence electrons. The van der Waals surface area contributed by atoms with Gasteiger partial charge in [-0.25, -0.2) is 0 Å². The van der Waals surface area contributed by atoms with E-state index in [1.807, 2.05) is 0 Å². The van der Waals surface area contributed by atoms with Crippen molar-refractivity contribution in [1.29, 1.82) is 0 Å². The van der Waals surface area contributed by atoms with Gasteiger partial charge < -0.3 is 10.2 Å². The maximum absolute atomic E-state index is 3.55. The number of para-hydroxylation sites is 2. The number of nitrogens with zero attached hydrogens (tertiary/aromatic N) is 1. The molecule has 2 aromatic rings. The lowest BCUT2D eigenvalue weighted by Gasteiger charge is -2.19. The van der Waals surface area contributed by atoms with Crippen LogP contribution in [-0.2, 0) is 0 Å². The standard InChI is InChI=1S/C18H24N2/c1-15(16-9-5-4-6-10-16)13-14-19-17-11-7-8-12-18(17)20(2)3/h4-12,15,19H,13-14H2,1-3H3. The molecule has 1 N–H and O–H groups in total. The van der Waals surface area contributed by atoms with Gasteiger partial charge in [0.15, 0.2) is 0 Å². The monoisotopic (exact) mass is 268 g/mol. The molecule has 0 aliphatic carbocycles. The van der Waals surface area contributed by atoms with Gasteiger partial charge in [-0.05, 0) is 30.0 Å². The van der Waals surface area contributed by atoms with Crippen LogP contribution >= 0.6 is 0 Å². The van der Waals surface area contributed by atoms with Gasteiger partial charge in [-0.1, -0.05) is 49.4 Å². The fourth-order valence-electron chi connectivity index (χ4n) is 2.38. The Morgan fingerprint density at radius 1 is 0.950 bits per heavy atom. The van der Waals surface area contributed by atoms with Crippen molar-refractivity contribution in [2.75, 3.05) is 30.9 Å². The van der Waals surface area contributed by atoms with Crippen LogP contribution < -0.4 is 10.2 Å². The normalized spacial score (nSPS) is 11.9. The lowest BCUT2D eigenvalue weighted by molar-refractivity contribution is 0.706. The quantitative estimate of drug-likeness (QED) is 0.837. The molecule has 0 saturated carbocycles. The van der Waals surface area contributed by atoms with Gasteiger partial charge in [0, 0.05) is 20.6 Å². The van der Waals surface area contributed by atoms with E-state index in [1.54, 1.807) is 0 Å². The number of hydrogen-bond donors (Lipinski definition) is 1. The highest BCUT2D eigenvalue weighted by atomic mass is 15.1. The van der Waals surface area contributed by atoms with Crippen molar-refractivity contribution in [1.82, 2.24) is 0 Å². The zero-order valence-electron chi connectivity index (χ0n) is 12.6. The summed E-state index contributed by atoms with van der Waals surface area (Å²) in [6.07, 6.45) is 1.13. The second kappa shape index (κ2) is 6.99. The fraction of sp³-hybridized carbons (Fsp3) is 0.333. The van der Waals surface area contributed by atoms with Gasteiger partial charge in [0.25, 0.3) is 0 Å². The first-order chi connectivity index (χ1) is 9.68. The number of benzene rings is 2. The maximum Gasteiger partial charge on any atom is 0.0596 e.